The number of ether oxygens (including phenoxy) is 1. The fourth-order valence-electron chi connectivity index (χ4n) is 1.01. The quantitative estimate of drug-likeness (QED) is 0.740. The summed E-state index contributed by atoms with van der Waals surface area (Å²) in [5.74, 6) is 2.08. The number of amides is 1. The summed E-state index contributed by atoms with van der Waals surface area (Å²) in [5.41, 5.74) is 0.898. The van der Waals surface area contributed by atoms with Crippen molar-refractivity contribution in [1.29, 1.82) is 0 Å². The molecule has 1 atom stereocenters. The fraction of sp³-hybridized carbons (Fsp3) is 0.250. The lowest BCUT2D eigenvalue weighted by molar-refractivity contribution is 0.133. The molecule has 2 N–H and O–H groups in total. The van der Waals surface area contributed by atoms with Gasteiger partial charge < -0.3 is 15.2 Å². The third kappa shape index (κ3) is 4.49. The molecule has 0 radical (unpaired) electrons. The van der Waals surface area contributed by atoms with E-state index in [9.17, 15) is 4.79 Å². The van der Waals surface area contributed by atoms with E-state index in [1.807, 2.05) is 30.3 Å². The van der Waals surface area contributed by atoms with Crippen molar-refractivity contribution < 1.29 is 14.6 Å². The van der Waals surface area contributed by atoms with E-state index < -0.39 is 12.2 Å². The van der Waals surface area contributed by atoms with E-state index in [-0.39, 0.29) is 13.2 Å². The van der Waals surface area contributed by atoms with Crippen LogP contribution >= 0.6 is 0 Å². The number of rotatable bonds is 4. The molecule has 0 aromatic heterocycles. The van der Waals surface area contributed by atoms with Gasteiger partial charge in [-0.25, -0.2) is 4.79 Å². The number of alkyl carbamates (subject to hydrolysis) is 1. The lowest BCUT2D eigenvalue weighted by Crippen LogP contribution is -2.31. The lowest BCUT2D eigenvalue weighted by atomic mass is 10.2. The molecule has 0 bridgehead atoms. The number of aliphatic hydroxyl groups is 1. The number of carbonyl (C=O) groups excluding carboxylic acids is 1. The zero-order chi connectivity index (χ0) is 11.8. The molecule has 84 valence electrons. The SMILES string of the molecule is C#CC(O)CNC(=O)OCc1ccccc1. The van der Waals surface area contributed by atoms with Crippen molar-refractivity contribution >= 4 is 6.09 Å². The lowest BCUT2D eigenvalue weighted by Gasteiger charge is -2.07. The van der Waals surface area contributed by atoms with E-state index in [0.29, 0.717) is 0 Å². The summed E-state index contributed by atoms with van der Waals surface area (Å²) in [7, 11) is 0. The molecule has 0 fully saturated rings. The van der Waals surface area contributed by atoms with E-state index in [4.69, 9.17) is 16.3 Å². The van der Waals surface area contributed by atoms with Gasteiger partial charge in [0.15, 0.2) is 0 Å². The normalized spacial score (nSPS) is 11.2. The minimum absolute atomic E-state index is 0.00980. The van der Waals surface area contributed by atoms with Crippen molar-refractivity contribution in [2.45, 2.75) is 12.7 Å². The molecule has 0 spiro atoms. The van der Waals surface area contributed by atoms with Crippen LogP contribution in [0.4, 0.5) is 4.79 Å². The molecule has 1 aromatic carbocycles. The maximum absolute atomic E-state index is 11.1. The summed E-state index contributed by atoms with van der Waals surface area (Å²) in [6.45, 7) is 0.183. The summed E-state index contributed by atoms with van der Waals surface area (Å²) >= 11 is 0. The van der Waals surface area contributed by atoms with Gasteiger partial charge in [0.05, 0.1) is 6.54 Å². The number of terminal acetylenes is 1. The molecule has 16 heavy (non-hydrogen) atoms. The van der Waals surface area contributed by atoms with Crippen LogP contribution in [0.15, 0.2) is 30.3 Å². The van der Waals surface area contributed by atoms with Crippen molar-refractivity contribution in [3.8, 4) is 12.3 Å². The summed E-state index contributed by atoms with van der Waals surface area (Å²) in [6.07, 6.45) is 3.35. The van der Waals surface area contributed by atoms with Crippen molar-refractivity contribution in [2.24, 2.45) is 0 Å². The molecule has 4 nitrogen and oxygen atoms in total. The minimum Gasteiger partial charge on any atom is -0.445 e. The van der Waals surface area contributed by atoms with Crippen LogP contribution in [0.1, 0.15) is 5.56 Å². The highest BCUT2D eigenvalue weighted by molar-refractivity contribution is 5.67. The maximum atomic E-state index is 11.1. The average Bonchev–Trinajstić information content (AvgIpc) is 2.34. The topological polar surface area (TPSA) is 58.6 Å². The Morgan fingerprint density at radius 2 is 2.19 bits per heavy atom. The Labute approximate surface area is 94.2 Å². The molecule has 1 amide bonds. The molecule has 0 aliphatic rings. The molecule has 0 aliphatic carbocycles. The van der Waals surface area contributed by atoms with Crippen LogP contribution < -0.4 is 5.32 Å². The van der Waals surface area contributed by atoms with E-state index in [2.05, 4.69) is 11.2 Å². The summed E-state index contributed by atoms with van der Waals surface area (Å²) in [4.78, 5) is 11.1. The van der Waals surface area contributed by atoms with E-state index in [1.165, 1.54) is 0 Å². The first-order valence-corrected chi connectivity index (χ1v) is 4.81. The predicted octanol–water partition coefficient (Wildman–Crippen LogP) is 0.907. The van der Waals surface area contributed by atoms with Crippen molar-refractivity contribution in [3.05, 3.63) is 35.9 Å². The van der Waals surface area contributed by atoms with Gasteiger partial charge in [0.1, 0.15) is 12.7 Å². The van der Waals surface area contributed by atoms with Crippen LogP contribution in [0.2, 0.25) is 0 Å². The monoisotopic (exact) mass is 219 g/mol. The summed E-state index contributed by atoms with van der Waals surface area (Å²) in [5, 5.41) is 11.3. The van der Waals surface area contributed by atoms with Crippen LogP contribution in [0.3, 0.4) is 0 Å². The smallest absolute Gasteiger partial charge is 0.407 e. The molecule has 1 rings (SSSR count). The van der Waals surface area contributed by atoms with E-state index in [0.717, 1.165) is 5.56 Å². The number of benzene rings is 1. The largest absolute Gasteiger partial charge is 0.445 e. The highest BCUT2D eigenvalue weighted by Crippen LogP contribution is 2.00. The van der Waals surface area contributed by atoms with Crippen LogP contribution in [0.5, 0.6) is 0 Å². The Balaban J connectivity index is 2.24. The second kappa shape index (κ2) is 6.49. The zero-order valence-corrected chi connectivity index (χ0v) is 8.72. The van der Waals surface area contributed by atoms with Gasteiger partial charge in [-0.05, 0) is 5.56 Å². The Morgan fingerprint density at radius 3 is 2.81 bits per heavy atom. The van der Waals surface area contributed by atoms with Crippen molar-refractivity contribution in [1.82, 2.24) is 5.32 Å². The maximum Gasteiger partial charge on any atom is 0.407 e. The number of nitrogens with one attached hydrogen (secondary N) is 1. The summed E-state index contributed by atoms with van der Waals surface area (Å²) < 4.78 is 4.89. The predicted molar refractivity (Wildman–Crippen MR) is 59.5 cm³/mol. The second-order valence-electron chi connectivity index (χ2n) is 3.13. The Hall–Kier alpha value is -1.99. The third-order valence-electron chi connectivity index (χ3n) is 1.84. The van der Waals surface area contributed by atoms with Crippen LogP contribution in [-0.2, 0) is 11.3 Å². The summed E-state index contributed by atoms with van der Waals surface area (Å²) in [6, 6.07) is 9.30. The molecule has 0 saturated heterocycles. The first kappa shape index (κ1) is 12.1. The van der Waals surface area contributed by atoms with Crippen LogP contribution in [-0.4, -0.2) is 23.8 Å². The van der Waals surface area contributed by atoms with Gasteiger partial charge in [-0.1, -0.05) is 36.3 Å². The number of carbonyl (C=O) groups is 1. The number of hydrogen-bond acceptors (Lipinski definition) is 3. The molecular weight excluding hydrogens is 206 g/mol. The molecule has 0 aliphatic heterocycles. The Bertz CT molecular complexity index is 370. The minimum atomic E-state index is -0.982. The third-order valence-corrected chi connectivity index (χ3v) is 1.84. The Morgan fingerprint density at radius 1 is 1.50 bits per heavy atom. The molecular formula is C12H13NO3. The first-order chi connectivity index (χ1) is 7.72. The standard InChI is InChI=1S/C12H13NO3/c1-2-11(14)8-13-12(15)16-9-10-6-4-3-5-7-10/h1,3-7,11,14H,8-9H2,(H,13,15). The molecule has 1 unspecified atom stereocenters. The van der Waals surface area contributed by atoms with Crippen molar-refractivity contribution in [2.75, 3.05) is 6.54 Å². The highest BCUT2D eigenvalue weighted by atomic mass is 16.5. The van der Waals surface area contributed by atoms with Gasteiger partial charge >= 0.3 is 6.09 Å². The molecule has 0 saturated carbocycles. The first-order valence-electron chi connectivity index (χ1n) is 4.81. The van der Waals surface area contributed by atoms with Crippen LogP contribution in [0, 0.1) is 12.3 Å². The van der Waals surface area contributed by atoms with E-state index >= 15 is 0 Å². The van der Waals surface area contributed by atoms with Gasteiger partial charge in [0, 0.05) is 0 Å². The van der Waals surface area contributed by atoms with Gasteiger partial charge in [0.25, 0.3) is 0 Å². The number of aliphatic hydroxyl groups excluding tert-OH is 1. The van der Waals surface area contributed by atoms with Gasteiger partial charge in [-0.3, -0.25) is 0 Å². The average molecular weight is 219 g/mol. The van der Waals surface area contributed by atoms with Gasteiger partial charge in [-0.15, -0.1) is 6.42 Å². The molecule has 1 aromatic rings. The van der Waals surface area contributed by atoms with Gasteiger partial charge in [-0.2, -0.15) is 0 Å². The van der Waals surface area contributed by atoms with Gasteiger partial charge in [0.2, 0.25) is 0 Å². The molecule has 0 heterocycles. The highest BCUT2D eigenvalue weighted by Gasteiger charge is 2.04. The second-order valence-corrected chi connectivity index (χ2v) is 3.13. The molecule has 4 heteroatoms. The number of hydrogen-bond donors (Lipinski definition) is 2. The van der Waals surface area contributed by atoms with Crippen molar-refractivity contribution in [3.63, 3.8) is 0 Å². The fourth-order valence-corrected chi connectivity index (χ4v) is 1.01. The zero-order valence-electron chi connectivity index (χ0n) is 8.72. The Kier molecular flexibility index (Phi) is 4.90. The van der Waals surface area contributed by atoms with Crippen LogP contribution in [0.25, 0.3) is 0 Å². The van der Waals surface area contributed by atoms with E-state index in [1.54, 1.807) is 0 Å².